The van der Waals surface area contributed by atoms with E-state index in [2.05, 4.69) is 5.32 Å². The van der Waals surface area contributed by atoms with Gasteiger partial charge >= 0.3 is 5.97 Å². The molecule has 1 unspecified atom stereocenters. The van der Waals surface area contributed by atoms with Crippen molar-refractivity contribution in [3.8, 4) is 5.75 Å². The van der Waals surface area contributed by atoms with Crippen LogP contribution in [0.3, 0.4) is 0 Å². The van der Waals surface area contributed by atoms with Crippen LogP contribution in [-0.4, -0.2) is 43.3 Å². The van der Waals surface area contributed by atoms with Gasteiger partial charge in [0.25, 0.3) is 5.91 Å². The quantitative estimate of drug-likeness (QED) is 0.742. The molecule has 1 atom stereocenters. The number of carbonyl (C=O) groups is 2. The highest BCUT2D eigenvalue weighted by molar-refractivity contribution is 5.77. The molecule has 0 saturated heterocycles. The molecule has 0 radical (unpaired) electrons. The van der Waals surface area contributed by atoms with Gasteiger partial charge in [0, 0.05) is 13.7 Å². The van der Waals surface area contributed by atoms with Crippen LogP contribution in [0.2, 0.25) is 0 Å². The van der Waals surface area contributed by atoms with Gasteiger partial charge in [-0.15, -0.1) is 0 Å². The van der Waals surface area contributed by atoms with Crippen LogP contribution in [0, 0.1) is 6.92 Å². The molecule has 1 rings (SSSR count). The van der Waals surface area contributed by atoms with Crippen molar-refractivity contribution in [3.05, 3.63) is 29.8 Å². The molecule has 0 fully saturated rings. The third-order valence-electron chi connectivity index (χ3n) is 2.71. The Morgan fingerprint density at radius 1 is 1.35 bits per heavy atom. The van der Waals surface area contributed by atoms with Crippen molar-refractivity contribution < 1.29 is 24.2 Å². The minimum Gasteiger partial charge on any atom is -0.484 e. The van der Waals surface area contributed by atoms with Crippen molar-refractivity contribution in [1.82, 2.24) is 5.32 Å². The number of benzene rings is 1. The van der Waals surface area contributed by atoms with E-state index in [1.54, 1.807) is 6.07 Å². The van der Waals surface area contributed by atoms with E-state index in [0.29, 0.717) is 5.75 Å². The van der Waals surface area contributed by atoms with Gasteiger partial charge in [-0.25, -0.2) is 0 Å². The lowest BCUT2D eigenvalue weighted by atomic mass is 10.2. The SMILES string of the molecule is COC(CNC(=O)COc1ccccc1C)CC(=O)O. The summed E-state index contributed by atoms with van der Waals surface area (Å²) in [6.07, 6.45) is -0.704. The second-order valence-corrected chi connectivity index (χ2v) is 4.31. The highest BCUT2D eigenvalue weighted by Gasteiger charge is 2.13. The first-order chi connectivity index (χ1) is 9.52. The number of hydrogen-bond donors (Lipinski definition) is 2. The van der Waals surface area contributed by atoms with Crippen LogP contribution in [0.5, 0.6) is 5.75 Å². The maximum atomic E-state index is 11.6. The van der Waals surface area contributed by atoms with Crippen LogP contribution in [0.1, 0.15) is 12.0 Å². The first-order valence-electron chi connectivity index (χ1n) is 6.22. The number of para-hydroxylation sites is 1. The summed E-state index contributed by atoms with van der Waals surface area (Å²) in [7, 11) is 1.41. The highest BCUT2D eigenvalue weighted by atomic mass is 16.5. The molecule has 0 aromatic heterocycles. The van der Waals surface area contributed by atoms with E-state index >= 15 is 0 Å². The largest absolute Gasteiger partial charge is 0.484 e. The summed E-state index contributed by atoms with van der Waals surface area (Å²) in [5.41, 5.74) is 0.945. The number of ether oxygens (including phenoxy) is 2. The minimum atomic E-state index is -0.970. The number of carboxylic acids is 1. The van der Waals surface area contributed by atoms with Crippen LogP contribution in [-0.2, 0) is 14.3 Å². The van der Waals surface area contributed by atoms with E-state index in [1.807, 2.05) is 25.1 Å². The average molecular weight is 281 g/mol. The van der Waals surface area contributed by atoms with Gasteiger partial charge in [-0.2, -0.15) is 0 Å². The molecule has 0 aliphatic carbocycles. The maximum Gasteiger partial charge on any atom is 0.306 e. The molecule has 0 saturated carbocycles. The molecule has 1 amide bonds. The topological polar surface area (TPSA) is 84.9 Å². The average Bonchev–Trinajstić information content (AvgIpc) is 2.42. The van der Waals surface area contributed by atoms with Crippen LogP contribution in [0.4, 0.5) is 0 Å². The van der Waals surface area contributed by atoms with Crippen molar-refractivity contribution in [2.24, 2.45) is 0 Å². The minimum absolute atomic E-state index is 0.117. The van der Waals surface area contributed by atoms with Gasteiger partial charge in [0.15, 0.2) is 6.61 Å². The molecular weight excluding hydrogens is 262 g/mol. The Bertz CT molecular complexity index is 461. The Balaban J connectivity index is 2.33. The summed E-state index contributed by atoms with van der Waals surface area (Å²) < 4.78 is 10.3. The van der Waals surface area contributed by atoms with E-state index in [0.717, 1.165) is 5.56 Å². The molecule has 20 heavy (non-hydrogen) atoms. The number of nitrogens with one attached hydrogen (secondary N) is 1. The van der Waals surface area contributed by atoms with Crippen LogP contribution in [0.15, 0.2) is 24.3 Å². The first kappa shape index (κ1) is 16.0. The standard InChI is InChI=1S/C14H19NO5/c1-10-5-3-4-6-12(10)20-9-13(16)15-8-11(19-2)7-14(17)18/h3-6,11H,7-9H2,1-2H3,(H,15,16)(H,17,18). The molecule has 1 aromatic carbocycles. The second kappa shape index (κ2) is 8.16. The smallest absolute Gasteiger partial charge is 0.306 e. The lowest BCUT2D eigenvalue weighted by molar-refractivity contribution is -0.140. The third-order valence-corrected chi connectivity index (χ3v) is 2.71. The van der Waals surface area contributed by atoms with Crippen LogP contribution < -0.4 is 10.1 Å². The predicted octanol–water partition coefficient (Wildman–Crippen LogP) is 0.980. The summed E-state index contributed by atoms with van der Waals surface area (Å²) in [5.74, 6) is -0.639. The molecular formula is C14H19NO5. The summed E-state index contributed by atoms with van der Waals surface area (Å²) in [6, 6.07) is 7.39. The predicted molar refractivity (Wildman–Crippen MR) is 72.7 cm³/mol. The number of aliphatic carboxylic acids is 1. The second-order valence-electron chi connectivity index (χ2n) is 4.31. The van der Waals surface area contributed by atoms with Gasteiger partial charge in [0.05, 0.1) is 12.5 Å². The number of amides is 1. The Kier molecular flexibility index (Phi) is 6.52. The Morgan fingerprint density at radius 3 is 2.65 bits per heavy atom. The molecule has 0 aliphatic heterocycles. The molecule has 0 bridgehead atoms. The first-order valence-corrected chi connectivity index (χ1v) is 6.22. The molecule has 0 aliphatic rings. The van der Waals surface area contributed by atoms with Gasteiger partial charge in [-0.3, -0.25) is 9.59 Å². The molecule has 1 aromatic rings. The number of methoxy groups -OCH3 is 1. The molecule has 0 heterocycles. The maximum absolute atomic E-state index is 11.6. The number of aryl methyl sites for hydroxylation is 1. The zero-order valence-electron chi connectivity index (χ0n) is 11.6. The lowest BCUT2D eigenvalue weighted by Gasteiger charge is -2.14. The summed E-state index contributed by atoms with van der Waals surface area (Å²) in [4.78, 5) is 22.1. The van der Waals surface area contributed by atoms with Crippen LogP contribution in [0.25, 0.3) is 0 Å². The zero-order valence-corrected chi connectivity index (χ0v) is 11.6. The summed E-state index contributed by atoms with van der Waals surface area (Å²) in [6.45, 7) is 1.91. The van der Waals surface area contributed by atoms with Crippen LogP contribution >= 0.6 is 0 Å². The Hall–Kier alpha value is -2.08. The van der Waals surface area contributed by atoms with E-state index in [4.69, 9.17) is 14.6 Å². The molecule has 6 nitrogen and oxygen atoms in total. The van der Waals surface area contributed by atoms with Crippen molar-refractivity contribution in [3.63, 3.8) is 0 Å². The number of carboxylic acid groups (broad SMARTS) is 1. The van der Waals surface area contributed by atoms with Crippen molar-refractivity contribution in [2.75, 3.05) is 20.3 Å². The molecule has 2 N–H and O–H groups in total. The van der Waals surface area contributed by atoms with E-state index < -0.39 is 12.1 Å². The van der Waals surface area contributed by atoms with Crippen molar-refractivity contribution in [2.45, 2.75) is 19.4 Å². The van der Waals surface area contributed by atoms with E-state index in [-0.39, 0.29) is 25.5 Å². The third kappa shape index (κ3) is 5.71. The van der Waals surface area contributed by atoms with Gasteiger partial charge < -0.3 is 19.9 Å². The monoisotopic (exact) mass is 281 g/mol. The fourth-order valence-electron chi connectivity index (χ4n) is 1.57. The number of hydrogen-bond acceptors (Lipinski definition) is 4. The molecule has 110 valence electrons. The van der Waals surface area contributed by atoms with Crippen molar-refractivity contribution >= 4 is 11.9 Å². The normalized spacial score (nSPS) is 11.7. The fourth-order valence-corrected chi connectivity index (χ4v) is 1.57. The molecule has 0 spiro atoms. The number of rotatable bonds is 8. The number of carbonyl (C=O) groups excluding carboxylic acids is 1. The highest BCUT2D eigenvalue weighted by Crippen LogP contribution is 2.15. The Morgan fingerprint density at radius 2 is 2.05 bits per heavy atom. The van der Waals surface area contributed by atoms with Crippen molar-refractivity contribution in [1.29, 1.82) is 0 Å². The van der Waals surface area contributed by atoms with Gasteiger partial charge in [0.2, 0.25) is 0 Å². The molecule has 6 heteroatoms. The fraction of sp³-hybridized carbons (Fsp3) is 0.429. The van der Waals surface area contributed by atoms with E-state index in [1.165, 1.54) is 7.11 Å². The zero-order chi connectivity index (χ0) is 15.0. The summed E-state index contributed by atoms with van der Waals surface area (Å²) in [5, 5.41) is 11.2. The van der Waals surface area contributed by atoms with Gasteiger partial charge in [0.1, 0.15) is 5.75 Å². The lowest BCUT2D eigenvalue weighted by Crippen LogP contribution is -2.37. The van der Waals surface area contributed by atoms with Gasteiger partial charge in [-0.1, -0.05) is 18.2 Å². The van der Waals surface area contributed by atoms with Gasteiger partial charge in [-0.05, 0) is 18.6 Å². The summed E-state index contributed by atoms with van der Waals surface area (Å²) >= 11 is 0. The van der Waals surface area contributed by atoms with E-state index in [9.17, 15) is 9.59 Å². The Labute approximate surface area is 117 Å².